The van der Waals surface area contributed by atoms with Crippen molar-refractivity contribution in [2.45, 2.75) is 45.1 Å². The van der Waals surface area contributed by atoms with Crippen LogP contribution >= 0.6 is 11.3 Å². The molecular weight excluding hydrogens is 248 g/mol. The highest BCUT2D eigenvalue weighted by Gasteiger charge is 2.30. The number of carbonyl (C=O) groups excluding carboxylic acids is 1. The Kier molecular flexibility index (Phi) is 3.73. The molecule has 1 amide bonds. The van der Waals surface area contributed by atoms with E-state index in [2.05, 4.69) is 25.8 Å². The minimum absolute atomic E-state index is 0.0135. The second kappa shape index (κ2) is 4.97. The molecule has 1 aromatic rings. The predicted octanol–water partition coefficient (Wildman–Crippen LogP) is 2.04. The minimum Gasteiger partial charge on any atom is -0.394 e. The van der Waals surface area contributed by atoms with E-state index >= 15 is 0 Å². The fourth-order valence-electron chi connectivity index (χ4n) is 2.15. The van der Waals surface area contributed by atoms with Gasteiger partial charge in [0, 0.05) is 12.0 Å². The lowest BCUT2D eigenvalue weighted by atomic mass is 9.98. The van der Waals surface area contributed by atoms with E-state index in [1.54, 1.807) is 11.1 Å². The molecule has 4 nitrogen and oxygen atoms in total. The monoisotopic (exact) mass is 268 g/mol. The zero-order valence-electron chi connectivity index (χ0n) is 11.1. The van der Waals surface area contributed by atoms with Crippen LogP contribution in [-0.4, -0.2) is 40.1 Å². The molecular formula is C13H20N2O2S. The van der Waals surface area contributed by atoms with E-state index < -0.39 is 0 Å². The standard InChI is InChI=1S/C13H20N2O2S/c1-13(2,3)12-14-7-10(18-12)11(17)15-6-4-5-9(15)8-16/h7,9,16H,4-6,8H2,1-3H3/t9-/m1/s1. The van der Waals surface area contributed by atoms with Crippen LogP contribution in [-0.2, 0) is 5.41 Å². The van der Waals surface area contributed by atoms with E-state index in [-0.39, 0.29) is 24.0 Å². The van der Waals surface area contributed by atoms with Crippen LogP contribution in [0.2, 0.25) is 0 Å². The first-order chi connectivity index (χ1) is 8.43. The van der Waals surface area contributed by atoms with Gasteiger partial charge >= 0.3 is 0 Å². The van der Waals surface area contributed by atoms with E-state index in [0.717, 1.165) is 24.4 Å². The number of rotatable bonds is 2. The second-order valence-corrected chi connectivity index (χ2v) is 6.79. The van der Waals surface area contributed by atoms with Gasteiger partial charge < -0.3 is 10.0 Å². The molecule has 2 heterocycles. The summed E-state index contributed by atoms with van der Waals surface area (Å²) in [6.45, 7) is 7.06. The molecule has 5 heteroatoms. The molecule has 1 saturated heterocycles. The number of hydrogen-bond donors (Lipinski definition) is 1. The molecule has 0 spiro atoms. The quantitative estimate of drug-likeness (QED) is 0.893. The average molecular weight is 268 g/mol. The van der Waals surface area contributed by atoms with Crippen LogP contribution in [0, 0.1) is 0 Å². The number of hydrogen-bond acceptors (Lipinski definition) is 4. The summed E-state index contributed by atoms with van der Waals surface area (Å²) in [5.41, 5.74) is -0.0232. The smallest absolute Gasteiger partial charge is 0.265 e. The van der Waals surface area contributed by atoms with Gasteiger partial charge in [-0.2, -0.15) is 0 Å². The number of aliphatic hydroxyl groups is 1. The molecule has 1 N–H and O–H groups in total. The first-order valence-corrected chi connectivity index (χ1v) is 7.13. The van der Waals surface area contributed by atoms with E-state index in [4.69, 9.17) is 0 Å². The first kappa shape index (κ1) is 13.5. The highest BCUT2D eigenvalue weighted by molar-refractivity contribution is 7.13. The summed E-state index contributed by atoms with van der Waals surface area (Å²) in [7, 11) is 0. The number of amides is 1. The molecule has 1 fully saturated rings. The summed E-state index contributed by atoms with van der Waals surface area (Å²) < 4.78 is 0. The summed E-state index contributed by atoms with van der Waals surface area (Å²) in [5.74, 6) is 0.0135. The summed E-state index contributed by atoms with van der Waals surface area (Å²) in [4.78, 5) is 19.1. The Bertz CT molecular complexity index is 436. The molecule has 0 saturated carbocycles. The van der Waals surface area contributed by atoms with Gasteiger partial charge in [-0.15, -0.1) is 11.3 Å². The summed E-state index contributed by atoms with van der Waals surface area (Å²) >= 11 is 1.46. The van der Waals surface area contributed by atoms with E-state index in [1.807, 2.05) is 0 Å². The molecule has 2 rings (SSSR count). The SMILES string of the molecule is CC(C)(C)c1ncc(C(=O)N2CCC[C@@H]2CO)s1. The van der Waals surface area contributed by atoms with Gasteiger partial charge in [0.2, 0.25) is 0 Å². The minimum atomic E-state index is -0.0232. The summed E-state index contributed by atoms with van der Waals surface area (Å²) in [6, 6.07) is -0.0160. The highest BCUT2D eigenvalue weighted by Crippen LogP contribution is 2.29. The van der Waals surface area contributed by atoms with Crippen LogP contribution < -0.4 is 0 Å². The molecule has 0 aromatic carbocycles. The lowest BCUT2D eigenvalue weighted by Crippen LogP contribution is -2.37. The maximum atomic E-state index is 12.3. The molecule has 0 aliphatic carbocycles. The van der Waals surface area contributed by atoms with Gasteiger partial charge in [-0.3, -0.25) is 4.79 Å². The van der Waals surface area contributed by atoms with Crippen molar-refractivity contribution in [2.24, 2.45) is 0 Å². The van der Waals surface area contributed by atoms with Crippen molar-refractivity contribution in [1.29, 1.82) is 0 Å². The Morgan fingerprint density at radius 2 is 2.33 bits per heavy atom. The van der Waals surface area contributed by atoms with E-state index in [9.17, 15) is 9.90 Å². The third kappa shape index (κ3) is 2.57. The van der Waals surface area contributed by atoms with Crippen molar-refractivity contribution in [3.05, 3.63) is 16.1 Å². The predicted molar refractivity (Wildman–Crippen MR) is 72.0 cm³/mol. The van der Waals surface area contributed by atoms with Crippen LogP contribution in [0.3, 0.4) is 0 Å². The van der Waals surface area contributed by atoms with Gasteiger partial charge in [0.05, 0.1) is 23.9 Å². The van der Waals surface area contributed by atoms with Crippen molar-refractivity contribution in [3.8, 4) is 0 Å². The number of likely N-dealkylation sites (tertiary alicyclic amines) is 1. The Morgan fingerprint density at radius 1 is 1.61 bits per heavy atom. The van der Waals surface area contributed by atoms with Gasteiger partial charge in [-0.1, -0.05) is 20.8 Å². The molecule has 1 aliphatic rings. The van der Waals surface area contributed by atoms with Crippen LogP contribution in [0.5, 0.6) is 0 Å². The zero-order chi connectivity index (χ0) is 13.3. The average Bonchev–Trinajstić information content (AvgIpc) is 2.96. The van der Waals surface area contributed by atoms with Crippen molar-refractivity contribution < 1.29 is 9.90 Å². The molecule has 1 aromatic heterocycles. The maximum absolute atomic E-state index is 12.3. The molecule has 1 atom stereocenters. The fourth-order valence-corrected chi connectivity index (χ4v) is 3.08. The second-order valence-electron chi connectivity index (χ2n) is 5.76. The molecule has 0 radical (unpaired) electrons. The summed E-state index contributed by atoms with van der Waals surface area (Å²) in [6.07, 6.45) is 3.54. The maximum Gasteiger partial charge on any atom is 0.265 e. The fraction of sp³-hybridized carbons (Fsp3) is 0.692. The molecule has 100 valence electrons. The molecule has 0 unspecified atom stereocenters. The summed E-state index contributed by atoms with van der Waals surface area (Å²) in [5, 5.41) is 10.2. The highest BCUT2D eigenvalue weighted by atomic mass is 32.1. The van der Waals surface area contributed by atoms with Crippen LogP contribution in [0.1, 0.15) is 48.3 Å². The normalized spacial score (nSPS) is 20.4. The molecule has 0 bridgehead atoms. The number of carbonyl (C=O) groups is 1. The number of aliphatic hydroxyl groups excluding tert-OH is 1. The lowest BCUT2D eigenvalue weighted by molar-refractivity contribution is 0.0682. The van der Waals surface area contributed by atoms with Gasteiger partial charge in [-0.05, 0) is 12.8 Å². The van der Waals surface area contributed by atoms with Gasteiger partial charge in [0.1, 0.15) is 4.88 Å². The van der Waals surface area contributed by atoms with Crippen molar-refractivity contribution in [2.75, 3.05) is 13.2 Å². The third-order valence-corrected chi connectivity index (χ3v) is 4.62. The number of thiazole rings is 1. The largest absolute Gasteiger partial charge is 0.394 e. The molecule has 1 aliphatic heterocycles. The van der Waals surface area contributed by atoms with Gasteiger partial charge in [0.25, 0.3) is 5.91 Å². The lowest BCUT2D eigenvalue weighted by Gasteiger charge is -2.22. The Labute approximate surface area is 112 Å². The zero-order valence-corrected chi connectivity index (χ0v) is 12.0. The van der Waals surface area contributed by atoms with E-state index in [0.29, 0.717) is 4.88 Å². The molecule has 18 heavy (non-hydrogen) atoms. The topological polar surface area (TPSA) is 53.4 Å². The first-order valence-electron chi connectivity index (χ1n) is 6.31. The number of nitrogens with zero attached hydrogens (tertiary/aromatic N) is 2. The number of aromatic nitrogens is 1. The van der Waals surface area contributed by atoms with Crippen molar-refractivity contribution in [3.63, 3.8) is 0 Å². The van der Waals surface area contributed by atoms with Crippen LogP contribution in [0.15, 0.2) is 6.20 Å². The Balaban J connectivity index is 2.16. The van der Waals surface area contributed by atoms with Gasteiger partial charge in [-0.25, -0.2) is 4.98 Å². The Hall–Kier alpha value is -0.940. The van der Waals surface area contributed by atoms with Crippen LogP contribution in [0.25, 0.3) is 0 Å². The third-order valence-electron chi connectivity index (χ3n) is 3.21. The van der Waals surface area contributed by atoms with Crippen molar-refractivity contribution >= 4 is 17.2 Å². The van der Waals surface area contributed by atoms with Gasteiger partial charge in [0.15, 0.2) is 0 Å². The van der Waals surface area contributed by atoms with E-state index in [1.165, 1.54) is 11.3 Å². The Morgan fingerprint density at radius 3 is 2.89 bits per heavy atom. The van der Waals surface area contributed by atoms with Crippen molar-refractivity contribution in [1.82, 2.24) is 9.88 Å². The van der Waals surface area contributed by atoms with Crippen LogP contribution in [0.4, 0.5) is 0 Å².